The quantitative estimate of drug-likeness (QED) is 0.886. The third-order valence-corrected chi connectivity index (χ3v) is 4.95. The van der Waals surface area contributed by atoms with Crippen LogP contribution in [0, 0.1) is 11.7 Å². The van der Waals surface area contributed by atoms with Crippen molar-refractivity contribution >= 4 is 12.3 Å². The van der Waals surface area contributed by atoms with Crippen molar-refractivity contribution in [1.82, 2.24) is 4.57 Å². The minimum Gasteiger partial charge on any atom is -0.508 e. The lowest BCUT2D eigenvalue weighted by atomic mass is 9.97. The monoisotopic (exact) mass is 346 g/mol. The van der Waals surface area contributed by atoms with E-state index in [4.69, 9.17) is 10.2 Å². The summed E-state index contributed by atoms with van der Waals surface area (Å²) in [4.78, 5) is 12.2. The van der Waals surface area contributed by atoms with E-state index < -0.39 is 11.6 Å². The number of rotatable bonds is 4. The van der Waals surface area contributed by atoms with Crippen molar-refractivity contribution in [2.24, 2.45) is 11.7 Å². The summed E-state index contributed by atoms with van der Waals surface area (Å²) in [5.74, 6) is -1.06. The maximum absolute atomic E-state index is 14.5. The minimum atomic E-state index is -0.743. The van der Waals surface area contributed by atoms with Crippen molar-refractivity contribution in [1.29, 1.82) is 0 Å². The van der Waals surface area contributed by atoms with Crippen LogP contribution in [0.25, 0.3) is 18.0 Å². The van der Waals surface area contributed by atoms with Crippen molar-refractivity contribution in [3.8, 4) is 11.4 Å². The van der Waals surface area contributed by atoms with Crippen LogP contribution in [-0.4, -0.2) is 9.67 Å². The lowest BCUT2D eigenvalue weighted by Gasteiger charge is -2.13. The Morgan fingerprint density at radius 1 is 1.44 bits per heavy atom. The number of phenols is 1. The maximum Gasteiger partial charge on any atom is 0.424 e. The van der Waals surface area contributed by atoms with E-state index in [2.05, 4.69) is 6.58 Å². The molecule has 25 heavy (non-hydrogen) atoms. The van der Waals surface area contributed by atoms with Crippen molar-refractivity contribution in [2.45, 2.75) is 45.4 Å². The molecule has 1 aromatic heterocycles. The molecular weight excluding hydrogens is 323 g/mol. The summed E-state index contributed by atoms with van der Waals surface area (Å²) in [5.41, 5.74) is 7.07. The predicted molar refractivity (Wildman–Crippen MR) is 94.2 cm³/mol. The molecular formula is C19H23FN2O3. The molecule has 1 fully saturated rings. The van der Waals surface area contributed by atoms with Crippen molar-refractivity contribution < 1.29 is 13.9 Å². The van der Waals surface area contributed by atoms with Gasteiger partial charge in [-0.25, -0.2) is 13.8 Å². The van der Waals surface area contributed by atoms with Gasteiger partial charge in [0, 0.05) is 6.07 Å². The Kier molecular flexibility index (Phi) is 4.70. The minimum absolute atomic E-state index is 0.0275. The maximum atomic E-state index is 14.5. The third kappa shape index (κ3) is 3.21. The predicted octanol–water partition coefficient (Wildman–Crippen LogP) is 1.90. The van der Waals surface area contributed by atoms with Gasteiger partial charge in [-0.05, 0) is 30.4 Å². The Morgan fingerprint density at radius 2 is 2.12 bits per heavy atom. The van der Waals surface area contributed by atoms with Crippen LogP contribution in [0.3, 0.4) is 0 Å². The van der Waals surface area contributed by atoms with Crippen molar-refractivity contribution in [3.63, 3.8) is 0 Å². The smallest absolute Gasteiger partial charge is 0.424 e. The third-order valence-electron chi connectivity index (χ3n) is 4.95. The number of halogens is 1. The molecule has 1 aliphatic rings. The zero-order chi connectivity index (χ0) is 18.1. The van der Waals surface area contributed by atoms with Gasteiger partial charge in [-0.2, -0.15) is 0 Å². The molecule has 1 heterocycles. The van der Waals surface area contributed by atoms with Crippen LogP contribution < -0.4 is 22.3 Å². The second-order valence-electron chi connectivity index (χ2n) is 6.64. The Bertz CT molecular complexity index is 952. The fraction of sp³-hybridized carbons (Fsp3) is 0.421. The van der Waals surface area contributed by atoms with E-state index in [-0.39, 0.29) is 22.2 Å². The van der Waals surface area contributed by atoms with Crippen molar-refractivity contribution in [3.05, 3.63) is 44.8 Å². The fourth-order valence-corrected chi connectivity index (χ4v) is 3.51. The number of nitrogens with two attached hydrogens (primary N) is 1. The summed E-state index contributed by atoms with van der Waals surface area (Å²) in [6, 6.07) is 2.56. The molecule has 1 aliphatic carbocycles. The molecule has 0 unspecified atom stereocenters. The summed E-state index contributed by atoms with van der Waals surface area (Å²) in [6.45, 7) is 5.65. The number of oxazole rings is 1. The molecule has 0 amide bonds. The van der Waals surface area contributed by atoms with Crippen LogP contribution in [0.5, 0.6) is 5.75 Å². The lowest BCUT2D eigenvalue weighted by molar-refractivity contribution is 0.447. The molecule has 3 N–H and O–H groups in total. The first kappa shape index (κ1) is 17.3. The van der Waals surface area contributed by atoms with E-state index in [0.29, 0.717) is 30.0 Å². The summed E-state index contributed by atoms with van der Waals surface area (Å²) in [5, 5.41) is 10.3. The Morgan fingerprint density at radius 3 is 2.76 bits per heavy atom. The highest BCUT2D eigenvalue weighted by molar-refractivity contribution is 5.46. The molecule has 0 bridgehead atoms. The van der Waals surface area contributed by atoms with E-state index in [1.807, 2.05) is 6.92 Å². The second kappa shape index (κ2) is 6.78. The number of benzene rings is 1. The summed E-state index contributed by atoms with van der Waals surface area (Å²) in [7, 11) is 0. The number of aromatic hydroxyl groups is 1. The molecule has 1 aromatic carbocycles. The standard InChI is InChI=1S/C19H23FN2O3/c1-3-15(21)18-11(2)22(19(24)25-18)16-9-13(17(23)10-14(16)20)8-12-6-4-5-7-12/h9-10,12,23H,2-8,21H2,1H3/b18-15-. The zero-order valence-electron chi connectivity index (χ0n) is 14.3. The SMILES string of the molecule is C=c1/c(=C(/N)CC)oc(=O)n1-c1cc(CC2CCCC2)c(O)cc1F. The first-order valence-corrected chi connectivity index (χ1v) is 8.63. The van der Waals surface area contributed by atoms with Gasteiger partial charge in [-0.15, -0.1) is 0 Å². The number of hydrogen-bond acceptors (Lipinski definition) is 4. The molecule has 0 aliphatic heterocycles. The number of aromatic nitrogens is 1. The topological polar surface area (TPSA) is 81.4 Å². The van der Waals surface area contributed by atoms with Crippen LogP contribution in [0.1, 0.15) is 44.6 Å². The second-order valence-corrected chi connectivity index (χ2v) is 6.64. The van der Waals surface area contributed by atoms with Gasteiger partial charge in [0.15, 0.2) is 11.2 Å². The van der Waals surface area contributed by atoms with E-state index in [1.54, 1.807) is 0 Å². The van der Waals surface area contributed by atoms with Gasteiger partial charge in [0.1, 0.15) is 5.75 Å². The van der Waals surface area contributed by atoms with Gasteiger partial charge in [0.05, 0.1) is 16.7 Å². The summed E-state index contributed by atoms with van der Waals surface area (Å²) in [6.07, 6.45) is 5.71. The molecule has 134 valence electrons. The van der Waals surface area contributed by atoms with Gasteiger partial charge in [0.2, 0.25) is 0 Å². The van der Waals surface area contributed by atoms with Gasteiger partial charge in [-0.1, -0.05) is 39.2 Å². The van der Waals surface area contributed by atoms with Crippen LogP contribution >= 0.6 is 0 Å². The van der Waals surface area contributed by atoms with Crippen molar-refractivity contribution in [2.75, 3.05) is 0 Å². The molecule has 0 atom stereocenters. The molecule has 0 spiro atoms. The number of phenolic OH excluding ortho intramolecular Hbond substituents is 1. The Hall–Kier alpha value is -2.50. The average Bonchev–Trinajstić information content (AvgIpc) is 3.18. The summed E-state index contributed by atoms with van der Waals surface area (Å²) >= 11 is 0. The van der Waals surface area contributed by atoms with Crippen LogP contribution in [0.2, 0.25) is 0 Å². The Balaban J connectivity index is 2.13. The van der Waals surface area contributed by atoms with Gasteiger partial charge < -0.3 is 15.3 Å². The van der Waals surface area contributed by atoms with E-state index in [1.165, 1.54) is 18.9 Å². The largest absolute Gasteiger partial charge is 0.508 e. The van der Waals surface area contributed by atoms with E-state index in [9.17, 15) is 14.3 Å². The van der Waals surface area contributed by atoms with Gasteiger partial charge >= 0.3 is 5.76 Å². The first-order chi connectivity index (χ1) is 11.9. The fourth-order valence-electron chi connectivity index (χ4n) is 3.51. The molecule has 1 saturated carbocycles. The van der Waals surface area contributed by atoms with Gasteiger partial charge in [0.25, 0.3) is 0 Å². The van der Waals surface area contributed by atoms with E-state index >= 15 is 0 Å². The number of hydrogen-bond donors (Lipinski definition) is 2. The highest BCUT2D eigenvalue weighted by Crippen LogP contribution is 2.32. The highest BCUT2D eigenvalue weighted by atomic mass is 19.1. The average molecular weight is 346 g/mol. The first-order valence-electron chi connectivity index (χ1n) is 8.63. The molecule has 2 aromatic rings. The molecule has 5 nitrogen and oxygen atoms in total. The number of nitrogens with zero attached hydrogens (tertiary/aromatic N) is 1. The van der Waals surface area contributed by atoms with Gasteiger partial charge in [-0.3, -0.25) is 0 Å². The summed E-state index contributed by atoms with van der Waals surface area (Å²) < 4.78 is 20.7. The lowest BCUT2D eigenvalue weighted by Crippen LogP contribution is -2.32. The van der Waals surface area contributed by atoms with Crippen LogP contribution in [-0.2, 0) is 6.42 Å². The molecule has 6 heteroatoms. The normalized spacial score (nSPS) is 16.4. The molecule has 3 rings (SSSR count). The molecule has 0 saturated heterocycles. The highest BCUT2D eigenvalue weighted by Gasteiger charge is 2.20. The van der Waals surface area contributed by atoms with Crippen LogP contribution in [0.4, 0.5) is 4.39 Å². The van der Waals surface area contributed by atoms with E-state index in [0.717, 1.165) is 23.5 Å². The van der Waals surface area contributed by atoms with Crippen LogP contribution in [0.15, 0.2) is 21.3 Å². The zero-order valence-corrected chi connectivity index (χ0v) is 14.3. The Labute approximate surface area is 144 Å². The molecule has 0 radical (unpaired) electrons.